The van der Waals surface area contributed by atoms with Gasteiger partial charge in [0.1, 0.15) is 0 Å². The minimum atomic E-state index is 0.166. The van der Waals surface area contributed by atoms with E-state index in [-0.39, 0.29) is 5.56 Å². The lowest BCUT2D eigenvalue weighted by Gasteiger charge is -2.36. The van der Waals surface area contributed by atoms with Crippen molar-refractivity contribution in [2.45, 2.75) is 26.9 Å². The van der Waals surface area contributed by atoms with Crippen molar-refractivity contribution in [3.63, 3.8) is 0 Å². The summed E-state index contributed by atoms with van der Waals surface area (Å²) >= 11 is 0. The molecule has 0 aliphatic carbocycles. The smallest absolute Gasteiger partial charge is 0.255 e. The molecule has 0 atom stereocenters. The number of hydrogen-bond acceptors (Lipinski definition) is 2. The van der Waals surface area contributed by atoms with Crippen molar-refractivity contribution in [2.24, 2.45) is 5.92 Å². The maximum atomic E-state index is 11.9. The van der Waals surface area contributed by atoms with Crippen LogP contribution in [0.25, 0.3) is 0 Å². The lowest BCUT2D eigenvalue weighted by atomic mass is 10.0. The molecule has 0 saturated carbocycles. The summed E-state index contributed by atoms with van der Waals surface area (Å²) in [6, 6.07) is 3.90. The zero-order chi connectivity index (χ0) is 10.8. The molecule has 1 aliphatic rings. The Morgan fingerprint density at radius 2 is 2.20 bits per heavy atom. The summed E-state index contributed by atoms with van der Waals surface area (Å²) in [5, 5.41) is 0. The van der Waals surface area contributed by atoms with Crippen molar-refractivity contribution in [1.29, 1.82) is 0 Å². The van der Waals surface area contributed by atoms with Crippen LogP contribution in [-0.2, 0) is 13.1 Å². The Bertz CT molecular complexity index is 391. The average Bonchev–Trinajstić information content (AvgIpc) is 2.18. The SMILES string of the molecule is CCn1cccc(CN2CC(C)C2)c1=O. The third kappa shape index (κ3) is 2.12. The Hall–Kier alpha value is -1.09. The second-order valence-electron chi connectivity index (χ2n) is 4.42. The molecule has 0 amide bonds. The van der Waals surface area contributed by atoms with Gasteiger partial charge in [-0.15, -0.1) is 0 Å². The Morgan fingerprint density at radius 3 is 2.80 bits per heavy atom. The highest BCUT2D eigenvalue weighted by Gasteiger charge is 2.22. The first-order chi connectivity index (χ1) is 7.20. The Kier molecular flexibility index (Phi) is 2.91. The number of rotatable bonds is 3. The van der Waals surface area contributed by atoms with E-state index >= 15 is 0 Å². The molecule has 2 heterocycles. The van der Waals surface area contributed by atoms with Gasteiger partial charge in [0.25, 0.3) is 5.56 Å². The molecule has 2 rings (SSSR count). The predicted molar refractivity (Wildman–Crippen MR) is 60.8 cm³/mol. The fourth-order valence-corrected chi connectivity index (χ4v) is 2.15. The number of aromatic nitrogens is 1. The van der Waals surface area contributed by atoms with E-state index in [4.69, 9.17) is 0 Å². The lowest BCUT2D eigenvalue weighted by Crippen LogP contribution is -2.45. The van der Waals surface area contributed by atoms with Gasteiger partial charge in [-0.1, -0.05) is 13.0 Å². The van der Waals surface area contributed by atoms with Gasteiger partial charge < -0.3 is 4.57 Å². The van der Waals surface area contributed by atoms with E-state index in [0.29, 0.717) is 0 Å². The van der Waals surface area contributed by atoms with Crippen LogP contribution in [0.2, 0.25) is 0 Å². The highest BCUT2D eigenvalue weighted by molar-refractivity contribution is 5.10. The van der Waals surface area contributed by atoms with Crippen molar-refractivity contribution in [2.75, 3.05) is 13.1 Å². The summed E-state index contributed by atoms with van der Waals surface area (Å²) in [6.07, 6.45) is 1.85. The van der Waals surface area contributed by atoms with Crippen molar-refractivity contribution in [3.05, 3.63) is 34.2 Å². The molecule has 82 valence electrons. The molecular formula is C12H18N2O. The summed E-state index contributed by atoms with van der Waals surface area (Å²) in [4.78, 5) is 14.2. The zero-order valence-corrected chi connectivity index (χ0v) is 9.44. The van der Waals surface area contributed by atoms with Crippen LogP contribution in [0.5, 0.6) is 0 Å². The number of likely N-dealkylation sites (tertiary alicyclic amines) is 1. The van der Waals surface area contributed by atoms with Gasteiger partial charge in [-0.2, -0.15) is 0 Å². The third-order valence-electron chi connectivity index (χ3n) is 2.97. The van der Waals surface area contributed by atoms with Crippen LogP contribution in [0.15, 0.2) is 23.1 Å². The number of hydrogen-bond donors (Lipinski definition) is 0. The van der Waals surface area contributed by atoms with E-state index < -0.39 is 0 Å². The monoisotopic (exact) mass is 206 g/mol. The summed E-state index contributed by atoms with van der Waals surface area (Å²) in [5.41, 5.74) is 1.09. The first-order valence-electron chi connectivity index (χ1n) is 5.61. The molecule has 1 aromatic rings. The maximum Gasteiger partial charge on any atom is 0.255 e. The van der Waals surface area contributed by atoms with Gasteiger partial charge >= 0.3 is 0 Å². The van der Waals surface area contributed by atoms with Gasteiger partial charge in [0.05, 0.1) is 0 Å². The van der Waals surface area contributed by atoms with E-state index in [1.165, 1.54) is 0 Å². The predicted octanol–water partition coefficient (Wildman–Crippen LogP) is 1.32. The first-order valence-corrected chi connectivity index (χ1v) is 5.61. The van der Waals surface area contributed by atoms with E-state index in [0.717, 1.165) is 37.7 Å². The molecule has 15 heavy (non-hydrogen) atoms. The highest BCUT2D eigenvalue weighted by Crippen LogP contribution is 2.15. The molecule has 1 fully saturated rings. The molecule has 1 saturated heterocycles. The summed E-state index contributed by atoms with van der Waals surface area (Å²) in [5.74, 6) is 0.794. The fraction of sp³-hybridized carbons (Fsp3) is 0.583. The molecule has 0 spiro atoms. The number of pyridine rings is 1. The van der Waals surface area contributed by atoms with Crippen molar-refractivity contribution < 1.29 is 0 Å². The third-order valence-corrected chi connectivity index (χ3v) is 2.97. The topological polar surface area (TPSA) is 25.2 Å². The van der Waals surface area contributed by atoms with Gasteiger partial charge in [-0.3, -0.25) is 9.69 Å². The van der Waals surface area contributed by atoms with Gasteiger partial charge in [0.2, 0.25) is 0 Å². The minimum absolute atomic E-state index is 0.166. The van der Waals surface area contributed by atoms with E-state index in [1.807, 2.05) is 25.3 Å². The van der Waals surface area contributed by atoms with E-state index in [1.54, 1.807) is 4.57 Å². The standard InChI is InChI=1S/C12H18N2O/c1-3-14-6-4-5-11(12(14)15)9-13-7-10(2)8-13/h4-6,10H,3,7-9H2,1-2H3. The molecule has 0 radical (unpaired) electrons. The molecule has 3 nitrogen and oxygen atoms in total. The van der Waals surface area contributed by atoms with Crippen LogP contribution in [-0.4, -0.2) is 22.6 Å². The highest BCUT2D eigenvalue weighted by atomic mass is 16.1. The lowest BCUT2D eigenvalue weighted by molar-refractivity contribution is 0.104. The van der Waals surface area contributed by atoms with Gasteiger partial charge in [0.15, 0.2) is 0 Å². The maximum absolute atomic E-state index is 11.9. The van der Waals surface area contributed by atoms with Crippen LogP contribution in [0, 0.1) is 5.92 Å². The number of nitrogens with zero attached hydrogens (tertiary/aromatic N) is 2. The fourth-order valence-electron chi connectivity index (χ4n) is 2.15. The van der Waals surface area contributed by atoms with Crippen LogP contribution in [0.1, 0.15) is 19.4 Å². The second-order valence-corrected chi connectivity index (χ2v) is 4.42. The van der Waals surface area contributed by atoms with Crippen LogP contribution >= 0.6 is 0 Å². The van der Waals surface area contributed by atoms with Crippen molar-refractivity contribution in [1.82, 2.24) is 9.47 Å². The van der Waals surface area contributed by atoms with E-state index in [9.17, 15) is 4.79 Å². The second kappa shape index (κ2) is 4.19. The van der Waals surface area contributed by atoms with Crippen LogP contribution in [0.3, 0.4) is 0 Å². The molecular weight excluding hydrogens is 188 g/mol. The molecule has 0 unspecified atom stereocenters. The molecule has 0 bridgehead atoms. The molecule has 0 aromatic carbocycles. The zero-order valence-electron chi connectivity index (χ0n) is 9.44. The van der Waals surface area contributed by atoms with Crippen molar-refractivity contribution >= 4 is 0 Å². The normalized spacial score (nSPS) is 17.7. The quantitative estimate of drug-likeness (QED) is 0.745. The Morgan fingerprint density at radius 1 is 1.47 bits per heavy atom. The van der Waals surface area contributed by atoms with E-state index in [2.05, 4.69) is 11.8 Å². The number of aryl methyl sites for hydroxylation is 1. The minimum Gasteiger partial charge on any atom is -0.316 e. The summed E-state index contributed by atoms with van der Waals surface area (Å²) in [6.45, 7) is 8.05. The Balaban J connectivity index is 2.11. The molecule has 1 aromatic heterocycles. The van der Waals surface area contributed by atoms with Crippen LogP contribution in [0.4, 0.5) is 0 Å². The van der Waals surface area contributed by atoms with Crippen molar-refractivity contribution in [3.8, 4) is 0 Å². The van der Waals surface area contributed by atoms with Crippen LogP contribution < -0.4 is 5.56 Å². The molecule has 1 aliphatic heterocycles. The molecule has 3 heteroatoms. The summed E-state index contributed by atoms with van der Waals surface area (Å²) < 4.78 is 1.76. The average molecular weight is 206 g/mol. The summed E-state index contributed by atoms with van der Waals surface area (Å²) in [7, 11) is 0. The van der Waals surface area contributed by atoms with Gasteiger partial charge in [-0.25, -0.2) is 0 Å². The first kappa shape index (κ1) is 10.4. The molecule has 0 N–H and O–H groups in total. The Labute approximate surface area is 90.3 Å². The largest absolute Gasteiger partial charge is 0.316 e. The van der Waals surface area contributed by atoms with Gasteiger partial charge in [-0.05, 0) is 18.9 Å². The van der Waals surface area contributed by atoms with Gasteiger partial charge in [0, 0.05) is 37.9 Å².